The number of thiol groups is 1. The lowest BCUT2D eigenvalue weighted by atomic mass is 10.5. The molecular weight excluding hydrogens is 172 g/mol. The van der Waals surface area contributed by atoms with Gasteiger partial charge >= 0.3 is 5.97 Å². The first-order valence-corrected chi connectivity index (χ1v) is 5.04. The van der Waals surface area contributed by atoms with Crippen molar-refractivity contribution in [3.63, 3.8) is 0 Å². The number of rotatable bonds is 3. The van der Waals surface area contributed by atoms with Crippen LogP contribution in [0.3, 0.4) is 0 Å². The summed E-state index contributed by atoms with van der Waals surface area (Å²) in [6, 6.07) is 0. The normalized spacial score (nSPS) is 18.5. The van der Waals surface area contributed by atoms with E-state index in [-0.39, 0.29) is 10.9 Å². The summed E-state index contributed by atoms with van der Waals surface area (Å²) < 4.78 is 0. The Labute approximate surface area is 73.9 Å². The summed E-state index contributed by atoms with van der Waals surface area (Å²) in [5.74, 6) is -0.912. The van der Waals surface area contributed by atoms with Crippen LogP contribution in [-0.2, 0) is 4.79 Å². The quantitative estimate of drug-likeness (QED) is 0.399. The molecule has 1 N–H and O–H groups in total. The fourth-order valence-corrected chi connectivity index (χ4v) is 1.93. The van der Waals surface area contributed by atoms with Crippen LogP contribution in [0.2, 0.25) is 0 Å². The van der Waals surface area contributed by atoms with Crippen molar-refractivity contribution in [3.8, 4) is 0 Å². The van der Waals surface area contributed by atoms with Gasteiger partial charge in [0.15, 0.2) is 0 Å². The third kappa shape index (κ3) is 3.25. The van der Waals surface area contributed by atoms with Gasteiger partial charge < -0.3 is 5.11 Å². The average Bonchev–Trinajstić information content (AvgIpc) is 2.49. The van der Waals surface area contributed by atoms with Crippen molar-refractivity contribution >= 4 is 16.9 Å². The molecule has 1 aliphatic heterocycles. The van der Waals surface area contributed by atoms with Crippen LogP contribution in [0, 0.1) is 0 Å². The molecule has 0 aromatic heterocycles. The smallest absolute Gasteiger partial charge is 0.328 e. The molecule has 1 rings (SSSR count). The second-order valence-electron chi connectivity index (χ2n) is 2.17. The number of aliphatic carboxylic acids is 1. The number of carboxylic acids is 1. The number of allylic oxidation sites excluding steroid dienone is 4. The summed E-state index contributed by atoms with van der Waals surface area (Å²) in [4.78, 5) is 10.1. The molecule has 0 amide bonds. The van der Waals surface area contributed by atoms with E-state index in [1.807, 2.05) is 17.6 Å². The van der Waals surface area contributed by atoms with E-state index in [1.54, 1.807) is 6.08 Å². The predicted molar refractivity (Wildman–Crippen MR) is 53.2 cm³/mol. The molecule has 0 unspecified atom stereocenters. The first-order valence-electron chi connectivity index (χ1n) is 3.49. The lowest BCUT2D eigenvalue weighted by Crippen LogP contribution is -1.84. The molecule has 0 radical (unpaired) electrons. The van der Waals surface area contributed by atoms with Gasteiger partial charge in [-0.3, -0.25) is 0 Å². The molecule has 0 aromatic rings. The zero-order valence-corrected chi connectivity index (χ0v) is 7.32. The van der Waals surface area contributed by atoms with E-state index in [0.717, 1.165) is 6.08 Å². The first kappa shape index (κ1) is 8.87. The van der Waals surface area contributed by atoms with Crippen molar-refractivity contribution in [3.05, 3.63) is 46.6 Å². The fourth-order valence-electron chi connectivity index (χ4n) is 0.734. The molecule has 12 heavy (non-hydrogen) atoms. The highest BCUT2D eigenvalue weighted by atomic mass is 32.2. The molecule has 0 bridgehead atoms. The van der Waals surface area contributed by atoms with E-state index < -0.39 is 5.97 Å². The van der Waals surface area contributed by atoms with Crippen LogP contribution in [0.1, 0.15) is 0 Å². The van der Waals surface area contributed by atoms with Crippen molar-refractivity contribution in [1.82, 2.24) is 0 Å². The summed E-state index contributed by atoms with van der Waals surface area (Å²) in [6.45, 7) is 0. The summed E-state index contributed by atoms with van der Waals surface area (Å²) >= 11 is 0. The minimum Gasteiger partial charge on any atom is -0.478 e. The molecule has 0 fully saturated rings. The van der Waals surface area contributed by atoms with Crippen LogP contribution in [0.15, 0.2) is 46.6 Å². The van der Waals surface area contributed by atoms with Gasteiger partial charge in [-0.15, -0.1) is 0 Å². The van der Waals surface area contributed by atoms with Gasteiger partial charge in [0.05, 0.1) is 0 Å². The third-order valence-electron chi connectivity index (χ3n) is 1.24. The molecule has 1 aliphatic rings. The molecule has 64 valence electrons. The third-order valence-corrected chi connectivity index (χ3v) is 2.78. The van der Waals surface area contributed by atoms with Crippen LogP contribution in [-0.4, -0.2) is 11.1 Å². The summed E-state index contributed by atoms with van der Waals surface area (Å²) in [5, 5.41) is 14.5. The van der Waals surface area contributed by atoms with Gasteiger partial charge in [0, 0.05) is 6.08 Å². The molecule has 2 nitrogen and oxygen atoms in total. The SMILES string of the molecule is O=C(O)C=CC=C[SH]1C=CC=C1. The maximum Gasteiger partial charge on any atom is 0.328 e. The zero-order valence-electron chi connectivity index (χ0n) is 6.42. The van der Waals surface area contributed by atoms with Gasteiger partial charge in [-0.05, 0) is 16.2 Å². The minimum absolute atomic E-state index is 0.262. The maximum atomic E-state index is 10.1. The number of hydrogen-bond donors (Lipinski definition) is 2. The Balaban J connectivity index is 2.35. The maximum absolute atomic E-state index is 10.1. The molecular formula is C9H10O2S. The molecule has 0 spiro atoms. The lowest BCUT2D eigenvalue weighted by Gasteiger charge is -1.98. The molecule has 0 saturated carbocycles. The number of carboxylic acid groups (broad SMARTS) is 1. The van der Waals surface area contributed by atoms with E-state index in [4.69, 9.17) is 5.11 Å². The van der Waals surface area contributed by atoms with Crippen molar-refractivity contribution in [2.75, 3.05) is 0 Å². The lowest BCUT2D eigenvalue weighted by molar-refractivity contribution is -0.131. The molecule has 0 aromatic carbocycles. The van der Waals surface area contributed by atoms with Crippen molar-refractivity contribution < 1.29 is 9.90 Å². The monoisotopic (exact) mass is 182 g/mol. The Morgan fingerprint density at radius 2 is 1.92 bits per heavy atom. The summed E-state index contributed by atoms with van der Waals surface area (Å²) in [7, 11) is -0.262. The molecule has 0 aliphatic carbocycles. The highest BCUT2D eigenvalue weighted by Gasteiger charge is 1.90. The van der Waals surface area contributed by atoms with Crippen molar-refractivity contribution in [1.29, 1.82) is 0 Å². The van der Waals surface area contributed by atoms with E-state index in [0.29, 0.717) is 0 Å². The van der Waals surface area contributed by atoms with Crippen molar-refractivity contribution in [2.24, 2.45) is 0 Å². The zero-order chi connectivity index (χ0) is 8.81. The van der Waals surface area contributed by atoms with E-state index >= 15 is 0 Å². The predicted octanol–water partition coefficient (Wildman–Crippen LogP) is 2.18. The Kier molecular flexibility index (Phi) is 3.41. The number of hydrogen-bond acceptors (Lipinski definition) is 1. The second kappa shape index (κ2) is 4.62. The minimum atomic E-state index is -0.912. The second-order valence-corrected chi connectivity index (χ2v) is 3.96. The van der Waals surface area contributed by atoms with Gasteiger partial charge in [-0.2, -0.15) is 10.9 Å². The van der Waals surface area contributed by atoms with Gasteiger partial charge in [0.1, 0.15) is 0 Å². The number of carbonyl (C=O) groups is 1. The Morgan fingerprint density at radius 1 is 1.25 bits per heavy atom. The van der Waals surface area contributed by atoms with Crippen LogP contribution in [0.4, 0.5) is 0 Å². The average molecular weight is 182 g/mol. The van der Waals surface area contributed by atoms with Gasteiger partial charge in [0.25, 0.3) is 0 Å². The molecule has 0 atom stereocenters. The molecule has 3 heteroatoms. The van der Waals surface area contributed by atoms with Crippen molar-refractivity contribution in [2.45, 2.75) is 0 Å². The summed E-state index contributed by atoms with van der Waals surface area (Å²) in [5.41, 5.74) is 0. The first-order chi connectivity index (χ1) is 5.79. The largest absolute Gasteiger partial charge is 0.478 e. The summed E-state index contributed by atoms with van der Waals surface area (Å²) in [6.07, 6.45) is 8.41. The Morgan fingerprint density at radius 3 is 2.50 bits per heavy atom. The Bertz CT molecular complexity index is 262. The van der Waals surface area contributed by atoms with Crippen LogP contribution < -0.4 is 0 Å². The topological polar surface area (TPSA) is 37.3 Å². The van der Waals surface area contributed by atoms with E-state index in [1.165, 1.54) is 6.08 Å². The highest BCUT2D eigenvalue weighted by Crippen LogP contribution is 2.33. The Hall–Kier alpha value is -1.22. The molecule has 1 heterocycles. The van der Waals surface area contributed by atoms with Gasteiger partial charge in [-0.1, -0.05) is 24.3 Å². The molecule has 0 saturated heterocycles. The van der Waals surface area contributed by atoms with Gasteiger partial charge in [0.2, 0.25) is 0 Å². The van der Waals surface area contributed by atoms with Crippen LogP contribution >= 0.6 is 10.9 Å². The van der Waals surface area contributed by atoms with Crippen LogP contribution in [0.25, 0.3) is 0 Å². The highest BCUT2D eigenvalue weighted by molar-refractivity contribution is 8.24. The standard InChI is InChI=1S/C9H10O2S/c10-9(11)5-1-2-6-12-7-3-4-8-12/h1-8,12H,(H,10,11). The fraction of sp³-hybridized carbons (Fsp3) is 0. The van der Waals surface area contributed by atoms with Crippen LogP contribution in [0.5, 0.6) is 0 Å². The van der Waals surface area contributed by atoms with E-state index in [2.05, 4.69) is 10.8 Å². The van der Waals surface area contributed by atoms with E-state index in [9.17, 15) is 4.79 Å². The van der Waals surface area contributed by atoms with Gasteiger partial charge in [-0.25, -0.2) is 4.79 Å².